The van der Waals surface area contributed by atoms with Gasteiger partial charge in [0, 0.05) is 10.5 Å². The Balaban J connectivity index is 2.98. The van der Waals surface area contributed by atoms with E-state index in [1.807, 2.05) is 13.0 Å². The van der Waals surface area contributed by atoms with Gasteiger partial charge in [-0.15, -0.1) is 0 Å². The highest BCUT2D eigenvalue weighted by atomic mass is 79.9. The first-order chi connectivity index (χ1) is 8.49. The maximum Gasteiger partial charge on any atom is 0.326 e. The molecule has 0 radical (unpaired) electrons. The number of carbonyl (C=O) groups is 1. The number of nitrogens with one attached hydrogen (secondary N) is 1. The number of carboxylic acids is 1. The molecule has 1 aromatic carbocycles. The van der Waals surface area contributed by atoms with Gasteiger partial charge in [-0.2, -0.15) is 0 Å². The first-order valence-corrected chi connectivity index (χ1v) is 7.10. The second-order valence-electron chi connectivity index (χ2n) is 3.79. The maximum atomic E-state index is 11.1. The predicted molar refractivity (Wildman–Crippen MR) is 78.3 cm³/mol. The van der Waals surface area contributed by atoms with Crippen LogP contribution in [-0.2, 0) is 4.79 Å². The van der Waals surface area contributed by atoms with Gasteiger partial charge in [0.05, 0.1) is 17.3 Å². The molecule has 2 N–H and O–H groups in total. The minimum absolute atomic E-state index is 0.570. The number of hydrogen-bond acceptors (Lipinski definition) is 3. The molecular formula is C12H15Br2NO3. The summed E-state index contributed by atoms with van der Waals surface area (Å²) in [4.78, 5) is 11.1. The van der Waals surface area contributed by atoms with Gasteiger partial charge in [0.15, 0.2) is 0 Å². The number of carboxylic acid groups (broad SMARTS) is 1. The van der Waals surface area contributed by atoms with Crippen molar-refractivity contribution in [3.05, 3.63) is 21.1 Å². The molecule has 0 spiro atoms. The lowest BCUT2D eigenvalue weighted by Gasteiger charge is -2.17. The highest BCUT2D eigenvalue weighted by Gasteiger charge is 2.18. The van der Waals surface area contributed by atoms with Crippen molar-refractivity contribution in [2.75, 3.05) is 12.4 Å². The van der Waals surface area contributed by atoms with Gasteiger partial charge in [0.2, 0.25) is 0 Å². The van der Waals surface area contributed by atoms with Crippen molar-refractivity contribution in [1.29, 1.82) is 0 Å². The van der Waals surface area contributed by atoms with Crippen LogP contribution >= 0.6 is 31.9 Å². The molecule has 100 valence electrons. The molecule has 0 aliphatic heterocycles. The average Bonchev–Trinajstić information content (AvgIpc) is 2.31. The van der Waals surface area contributed by atoms with Crippen LogP contribution in [0.1, 0.15) is 19.8 Å². The SMILES string of the molecule is CCCC(Nc1cc(OC)c(Br)cc1Br)C(=O)O. The van der Waals surface area contributed by atoms with Crippen molar-refractivity contribution in [2.24, 2.45) is 0 Å². The zero-order chi connectivity index (χ0) is 13.7. The van der Waals surface area contributed by atoms with Gasteiger partial charge >= 0.3 is 5.97 Å². The third-order valence-corrected chi connectivity index (χ3v) is 3.72. The zero-order valence-corrected chi connectivity index (χ0v) is 13.3. The summed E-state index contributed by atoms with van der Waals surface area (Å²) in [5, 5.41) is 12.1. The first kappa shape index (κ1) is 15.3. The molecule has 0 bridgehead atoms. The number of benzene rings is 1. The van der Waals surface area contributed by atoms with Crippen molar-refractivity contribution in [2.45, 2.75) is 25.8 Å². The van der Waals surface area contributed by atoms with E-state index in [-0.39, 0.29) is 0 Å². The second-order valence-corrected chi connectivity index (χ2v) is 5.50. The molecule has 1 rings (SSSR count). The number of aliphatic carboxylic acids is 1. The van der Waals surface area contributed by atoms with Crippen LogP contribution in [0.15, 0.2) is 21.1 Å². The molecule has 18 heavy (non-hydrogen) atoms. The van der Waals surface area contributed by atoms with Crippen LogP contribution in [0.5, 0.6) is 5.75 Å². The van der Waals surface area contributed by atoms with E-state index in [9.17, 15) is 4.79 Å². The van der Waals surface area contributed by atoms with Crippen LogP contribution in [0.4, 0.5) is 5.69 Å². The summed E-state index contributed by atoms with van der Waals surface area (Å²) in [7, 11) is 1.57. The quantitative estimate of drug-likeness (QED) is 0.786. The average molecular weight is 381 g/mol. The molecule has 0 aliphatic rings. The lowest BCUT2D eigenvalue weighted by atomic mass is 10.1. The molecule has 0 aromatic heterocycles. The lowest BCUT2D eigenvalue weighted by Crippen LogP contribution is -2.29. The third-order valence-electron chi connectivity index (χ3n) is 2.45. The van der Waals surface area contributed by atoms with Crippen molar-refractivity contribution in [3.8, 4) is 5.75 Å². The molecule has 0 heterocycles. The molecule has 0 saturated heterocycles. The number of halogens is 2. The van der Waals surface area contributed by atoms with Gasteiger partial charge < -0.3 is 15.2 Å². The minimum Gasteiger partial charge on any atom is -0.495 e. The Hall–Kier alpha value is -0.750. The molecule has 0 fully saturated rings. The Morgan fingerprint density at radius 3 is 2.61 bits per heavy atom. The molecule has 1 aromatic rings. The summed E-state index contributed by atoms with van der Waals surface area (Å²) >= 11 is 6.77. The molecule has 6 heteroatoms. The highest BCUT2D eigenvalue weighted by molar-refractivity contribution is 9.11. The van der Waals surface area contributed by atoms with Crippen LogP contribution in [0.2, 0.25) is 0 Å². The van der Waals surface area contributed by atoms with E-state index in [0.717, 1.165) is 15.4 Å². The summed E-state index contributed by atoms with van der Waals surface area (Å²) in [6, 6.07) is 2.99. The summed E-state index contributed by atoms with van der Waals surface area (Å²) in [5.41, 5.74) is 0.705. The van der Waals surface area contributed by atoms with Gasteiger partial charge in [0.25, 0.3) is 0 Å². The topological polar surface area (TPSA) is 58.6 Å². The van der Waals surface area contributed by atoms with Gasteiger partial charge in [-0.3, -0.25) is 0 Å². The summed E-state index contributed by atoms with van der Waals surface area (Å²) in [6.07, 6.45) is 1.37. The Morgan fingerprint density at radius 2 is 2.11 bits per heavy atom. The van der Waals surface area contributed by atoms with E-state index in [4.69, 9.17) is 9.84 Å². The molecule has 0 aliphatic carbocycles. The standard InChI is InChI=1S/C12H15Br2NO3/c1-3-4-9(12(16)17)15-10-6-11(18-2)8(14)5-7(10)13/h5-6,9,15H,3-4H2,1-2H3,(H,16,17). The molecule has 1 atom stereocenters. The Bertz CT molecular complexity index is 438. The number of hydrogen-bond donors (Lipinski definition) is 2. The van der Waals surface area contributed by atoms with Crippen LogP contribution in [-0.4, -0.2) is 24.2 Å². The molecule has 4 nitrogen and oxygen atoms in total. The van der Waals surface area contributed by atoms with Crippen LogP contribution in [0, 0.1) is 0 Å². The van der Waals surface area contributed by atoms with Crippen molar-refractivity contribution in [3.63, 3.8) is 0 Å². The fourth-order valence-electron chi connectivity index (χ4n) is 1.53. The first-order valence-electron chi connectivity index (χ1n) is 5.52. The molecule has 0 amide bonds. The highest BCUT2D eigenvalue weighted by Crippen LogP contribution is 2.35. The number of methoxy groups -OCH3 is 1. The van der Waals surface area contributed by atoms with E-state index in [1.165, 1.54) is 0 Å². The van der Waals surface area contributed by atoms with Gasteiger partial charge in [-0.1, -0.05) is 13.3 Å². The fraction of sp³-hybridized carbons (Fsp3) is 0.417. The smallest absolute Gasteiger partial charge is 0.326 e. The number of anilines is 1. The van der Waals surface area contributed by atoms with Crippen molar-refractivity contribution >= 4 is 43.5 Å². The maximum absolute atomic E-state index is 11.1. The van der Waals surface area contributed by atoms with E-state index >= 15 is 0 Å². The second kappa shape index (κ2) is 6.99. The van der Waals surface area contributed by atoms with Crippen molar-refractivity contribution in [1.82, 2.24) is 0 Å². The van der Waals surface area contributed by atoms with Crippen LogP contribution < -0.4 is 10.1 Å². The molecular weight excluding hydrogens is 366 g/mol. The summed E-state index contributed by atoms with van der Waals surface area (Å²) in [6.45, 7) is 1.95. The van der Waals surface area contributed by atoms with E-state index in [2.05, 4.69) is 37.2 Å². The van der Waals surface area contributed by atoms with Crippen LogP contribution in [0.25, 0.3) is 0 Å². The Morgan fingerprint density at radius 1 is 1.44 bits per heavy atom. The summed E-state index contributed by atoms with van der Waals surface area (Å²) < 4.78 is 6.79. The minimum atomic E-state index is -0.856. The third kappa shape index (κ3) is 3.88. The molecule has 1 unspecified atom stereocenters. The van der Waals surface area contributed by atoms with E-state index < -0.39 is 12.0 Å². The lowest BCUT2D eigenvalue weighted by molar-refractivity contribution is -0.138. The fourth-order valence-corrected chi connectivity index (χ4v) is 2.80. The van der Waals surface area contributed by atoms with Gasteiger partial charge in [-0.25, -0.2) is 4.79 Å². The summed E-state index contributed by atoms with van der Waals surface area (Å²) in [5.74, 6) is -0.202. The van der Waals surface area contributed by atoms with E-state index in [1.54, 1.807) is 13.2 Å². The zero-order valence-electron chi connectivity index (χ0n) is 10.2. The largest absolute Gasteiger partial charge is 0.495 e. The Labute approximate surface area is 123 Å². The van der Waals surface area contributed by atoms with Gasteiger partial charge in [-0.05, 0) is 44.3 Å². The van der Waals surface area contributed by atoms with Crippen molar-refractivity contribution < 1.29 is 14.6 Å². The normalized spacial score (nSPS) is 12.0. The molecule has 0 saturated carbocycles. The van der Waals surface area contributed by atoms with Crippen LogP contribution in [0.3, 0.4) is 0 Å². The number of ether oxygens (including phenoxy) is 1. The van der Waals surface area contributed by atoms with Gasteiger partial charge in [0.1, 0.15) is 11.8 Å². The monoisotopic (exact) mass is 379 g/mol. The Kier molecular flexibility index (Phi) is 5.95. The predicted octanol–water partition coefficient (Wildman–Crippen LogP) is 3.89. The van der Waals surface area contributed by atoms with E-state index in [0.29, 0.717) is 17.9 Å². The number of rotatable bonds is 6.